The Kier molecular flexibility index (Phi) is 9.25. The van der Waals surface area contributed by atoms with E-state index in [1.807, 2.05) is 26.8 Å². The Morgan fingerprint density at radius 3 is 2.32 bits per heavy atom. The molecule has 0 atom stereocenters. The number of thioether (sulfide) groups is 2. The van der Waals surface area contributed by atoms with Crippen molar-refractivity contribution in [3.63, 3.8) is 0 Å². The van der Waals surface area contributed by atoms with Crippen molar-refractivity contribution in [1.82, 2.24) is 10.3 Å². The van der Waals surface area contributed by atoms with Gasteiger partial charge in [0, 0.05) is 28.1 Å². The lowest BCUT2D eigenvalue weighted by Crippen LogP contribution is -2.13. The number of hydrogen-bond acceptors (Lipinski definition) is 4. The first-order valence-electron chi connectivity index (χ1n) is 9.60. The number of nitrogens with one attached hydrogen (secondary N) is 1. The van der Waals surface area contributed by atoms with E-state index in [-0.39, 0.29) is 4.75 Å². The second kappa shape index (κ2) is 11.4. The van der Waals surface area contributed by atoms with E-state index in [0.717, 1.165) is 24.4 Å². The first-order chi connectivity index (χ1) is 14.6. The highest BCUT2D eigenvalue weighted by Crippen LogP contribution is 2.33. The second-order valence-corrected chi connectivity index (χ2v) is 10.5. The standard InChI is InChI=1S/C13H13NOS.C10H12F3NS/c15-10-14-8-9-16-13-7-3-5-11-4-1-2-6-12(11)13;1-9(2,3)15-8-5-4-7(6-14-8)10(11,12)13/h1-7,10H,8-9H2,(H,14,15);4-6H,1-3H3. The number of carbonyl (C=O) groups is 1. The molecule has 166 valence electrons. The van der Waals surface area contributed by atoms with Crippen molar-refractivity contribution in [2.24, 2.45) is 0 Å². The van der Waals surface area contributed by atoms with Crippen molar-refractivity contribution in [1.29, 1.82) is 0 Å². The number of amides is 1. The lowest BCUT2D eigenvalue weighted by Gasteiger charge is -2.16. The van der Waals surface area contributed by atoms with Crippen molar-refractivity contribution >= 4 is 40.7 Å². The Morgan fingerprint density at radius 1 is 1.00 bits per heavy atom. The van der Waals surface area contributed by atoms with Gasteiger partial charge in [-0.1, -0.05) is 57.2 Å². The maximum atomic E-state index is 12.2. The van der Waals surface area contributed by atoms with Crippen molar-refractivity contribution < 1.29 is 18.0 Å². The molecule has 0 bridgehead atoms. The predicted octanol–water partition coefficient (Wildman–Crippen LogP) is 6.67. The van der Waals surface area contributed by atoms with Crippen LogP contribution in [0.5, 0.6) is 0 Å². The third-order valence-electron chi connectivity index (χ3n) is 3.81. The van der Waals surface area contributed by atoms with Crippen LogP contribution in [-0.2, 0) is 11.0 Å². The van der Waals surface area contributed by atoms with Gasteiger partial charge >= 0.3 is 6.18 Å². The van der Waals surface area contributed by atoms with Crippen LogP contribution in [0.25, 0.3) is 10.8 Å². The summed E-state index contributed by atoms with van der Waals surface area (Å²) in [5.41, 5.74) is -0.708. The molecule has 0 fully saturated rings. The van der Waals surface area contributed by atoms with Gasteiger partial charge < -0.3 is 5.32 Å². The maximum absolute atomic E-state index is 12.2. The lowest BCUT2D eigenvalue weighted by molar-refractivity contribution is -0.137. The van der Waals surface area contributed by atoms with Crippen LogP contribution >= 0.6 is 23.5 Å². The molecule has 1 amide bonds. The minimum absolute atomic E-state index is 0.0489. The monoisotopic (exact) mass is 466 g/mol. The Morgan fingerprint density at radius 2 is 1.71 bits per heavy atom. The van der Waals surface area contributed by atoms with E-state index in [1.165, 1.54) is 33.5 Å². The Hall–Kier alpha value is -2.19. The number of aromatic nitrogens is 1. The number of hydrogen-bond donors (Lipinski definition) is 1. The second-order valence-electron chi connectivity index (χ2n) is 7.50. The summed E-state index contributed by atoms with van der Waals surface area (Å²) in [6, 6.07) is 17.1. The molecule has 2 aromatic carbocycles. The highest BCUT2D eigenvalue weighted by atomic mass is 32.2. The molecule has 3 nitrogen and oxygen atoms in total. The first kappa shape index (κ1) is 25.1. The van der Waals surface area contributed by atoms with Crippen LogP contribution in [0.4, 0.5) is 13.2 Å². The summed E-state index contributed by atoms with van der Waals surface area (Å²) >= 11 is 3.21. The Labute approximate surface area is 189 Å². The zero-order chi connectivity index (χ0) is 22.9. The molecule has 3 aromatic rings. The number of rotatable bonds is 6. The van der Waals surface area contributed by atoms with Gasteiger partial charge in [0.1, 0.15) is 0 Å². The Balaban J connectivity index is 0.000000221. The molecule has 0 unspecified atom stereocenters. The van der Waals surface area contributed by atoms with Gasteiger partial charge in [0.05, 0.1) is 10.6 Å². The van der Waals surface area contributed by atoms with E-state index in [1.54, 1.807) is 11.8 Å². The molecule has 0 radical (unpaired) electrons. The molecule has 0 saturated carbocycles. The summed E-state index contributed by atoms with van der Waals surface area (Å²) in [5, 5.41) is 5.81. The number of nitrogens with zero attached hydrogens (tertiary/aromatic N) is 1. The number of benzene rings is 2. The molecular formula is C23H25F3N2OS2. The fourth-order valence-electron chi connectivity index (χ4n) is 2.52. The third kappa shape index (κ3) is 8.83. The maximum Gasteiger partial charge on any atom is 0.417 e. The van der Waals surface area contributed by atoms with Gasteiger partial charge in [0.2, 0.25) is 6.41 Å². The largest absolute Gasteiger partial charge is 0.417 e. The van der Waals surface area contributed by atoms with Gasteiger partial charge in [-0.2, -0.15) is 13.2 Å². The van der Waals surface area contributed by atoms with Crippen molar-refractivity contribution in [2.45, 2.75) is 41.6 Å². The third-order valence-corrected chi connectivity index (χ3v) is 5.95. The van der Waals surface area contributed by atoms with Crippen molar-refractivity contribution in [2.75, 3.05) is 12.3 Å². The van der Waals surface area contributed by atoms with E-state index in [4.69, 9.17) is 0 Å². The molecule has 0 aliphatic heterocycles. The predicted molar refractivity (Wildman–Crippen MR) is 124 cm³/mol. The summed E-state index contributed by atoms with van der Waals surface area (Å²) in [6.45, 7) is 6.66. The molecule has 3 rings (SSSR count). The van der Waals surface area contributed by atoms with Crippen molar-refractivity contribution in [3.05, 3.63) is 66.4 Å². The van der Waals surface area contributed by atoms with Crippen LogP contribution in [-0.4, -0.2) is 28.4 Å². The average Bonchev–Trinajstić information content (AvgIpc) is 2.70. The van der Waals surface area contributed by atoms with Crippen LogP contribution in [0, 0.1) is 0 Å². The van der Waals surface area contributed by atoms with Crippen molar-refractivity contribution in [3.8, 4) is 0 Å². The highest BCUT2D eigenvalue weighted by Gasteiger charge is 2.30. The van der Waals surface area contributed by atoms with Crippen LogP contribution in [0.1, 0.15) is 26.3 Å². The smallest absolute Gasteiger partial charge is 0.358 e. The highest BCUT2D eigenvalue weighted by molar-refractivity contribution is 8.00. The zero-order valence-corrected chi connectivity index (χ0v) is 19.2. The number of halogens is 3. The average molecular weight is 467 g/mol. The van der Waals surface area contributed by atoms with E-state index in [0.29, 0.717) is 11.6 Å². The fraction of sp³-hybridized carbons (Fsp3) is 0.304. The first-order valence-corrected chi connectivity index (χ1v) is 11.4. The quantitative estimate of drug-likeness (QED) is 0.250. The van der Waals surface area contributed by atoms with Crippen LogP contribution < -0.4 is 5.32 Å². The summed E-state index contributed by atoms with van der Waals surface area (Å²) in [6.07, 6.45) is -2.70. The minimum Gasteiger partial charge on any atom is -0.358 e. The molecule has 0 aliphatic carbocycles. The normalized spacial score (nSPS) is 11.5. The molecule has 8 heteroatoms. The molecule has 1 N–H and O–H groups in total. The summed E-state index contributed by atoms with van der Waals surface area (Å²) in [4.78, 5) is 15.2. The summed E-state index contributed by atoms with van der Waals surface area (Å²) < 4.78 is 36.6. The fourth-order valence-corrected chi connectivity index (χ4v) is 4.35. The summed E-state index contributed by atoms with van der Waals surface area (Å²) in [5.74, 6) is 0.896. The topological polar surface area (TPSA) is 42.0 Å². The number of pyridine rings is 1. The SMILES string of the molecule is CC(C)(C)Sc1ccc(C(F)(F)F)cn1.O=CNCCSc1cccc2ccccc12. The molecule has 0 spiro atoms. The van der Waals surface area contributed by atoms with E-state index in [9.17, 15) is 18.0 Å². The van der Waals surface area contributed by atoms with Gasteiger partial charge in [-0.15, -0.1) is 23.5 Å². The molecule has 0 saturated heterocycles. The van der Waals surface area contributed by atoms with Gasteiger partial charge in [-0.25, -0.2) is 4.98 Å². The molecule has 1 aromatic heterocycles. The number of carbonyl (C=O) groups excluding carboxylic acids is 1. The molecule has 0 aliphatic rings. The lowest BCUT2D eigenvalue weighted by atomic mass is 10.1. The van der Waals surface area contributed by atoms with Gasteiger partial charge in [0.25, 0.3) is 0 Å². The number of alkyl halides is 3. The Bertz CT molecular complexity index is 966. The molecular weight excluding hydrogens is 441 g/mol. The van der Waals surface area contributed by atoms with E-state index in [2.05, 4.69) is 46.7 Å². The number of fused-ring (bicyclic) bond motifs is 1. The van der Waals surface area contributed by atoms with E-state index < -0.39 is 11.7 Å². The van der Waals surface area contributed by atoms with E-state index >= 15 is 0 Å². The summed E-state index contributed by atoms with van der Waals surface area (Å²) in [7, 11) is 0. The van der Waals surface area contributed by atoms with Gasteiger partial charge in [-0.05, 0) is 29.0 Å². The molecule has 31 heavy (non-hydrogen) atoms. The van der Waals surface area contributed by atoms with Crippen LogP contribution in [0.2, 0.25) is 0 Å². The van der Waals surface area contributed by atoms with Crippen LogP contribution in [0.3, 0.4) is 0 Å². The van der Waals surface area contributed by atoms with Gasteiger partial charge in [0.15, 0.2) is 0 Å². The zero-order valence-electron chi connectivity index (χ0n) is 17.6. The molecule has 1 heterocycles. The minimum atomic E-state index is -4.31. The van der Waals surface area contributed by atoms with Gasteiger partial charge in [-0.3, -0.25) is 4.79 Å². The van der Waals surface area contributed by atoms with Crippen LogP contribution in [0.15, 0.2) is 70.7 Å².